The van der Waals surface area contributed by atoms with E-state index in [0.717, 1.165) is 36.1 Å². The highest BCUT2D eigenvalue weighted by Crippen LogP contribution is 2.37. The summed E-state index contributed by atoms with van der Waals surface area (Å²) in [4.78, 5) is 14.3. The summed E-state index contributed by atoms with van der Waals surface area (Å²) >= 11 is 0. The van der Waals surface area contributed by atoms with Crippen LogP contribution < -0.4 is 5.32 Å². The summed E-state index contributed by atoms with van der Waals surface area (Å²) in [5.74, 6) is 0.820. The number of H-pyrrole nitrogens is 1. The molecule has 0 saturated heterocycles. The Morgan fingerprint density at radius 2 is 2.17 bits per heavy atom. The fourth-order valence-corrected chi connectivity index (χ4v) is 4.37. The van der Waals surface area contributed by atoms with Gasteiger partial charge in [-0.1, -0.05) is 6.92 Å². The largest absolute Gasteiger partial charge is 0.357 e. The van der Waals surface area contributed by atoms with Crippen molar-refractivity contribution in [3.05, 3.63) is 39.6 Å². The predicted molar refractivity (Wildman–Crippen MR) is 90.6 cm³/mol. The number of aromatic amines is 1. The fraction of sp³-hybridized carbons (Fsp3) is 0.556. The number of nitro groups is 1. The van der Waals surface area contributed by atoms with E-state index >= 15 is 0 Å². The van der Waals surface area contributed by atoms with Crippen molar-refractivity contribution in [2.75, 3.05) is 0 Å². The van der Waals surface area contributed by atoms with Crippen molar-refractivity contribution in [2.45, 2.75) is 57.5 Å². The Morgan fingerprint density at radius 3 is 2.91 bits per heavy atom. The van der Waals surface area contributed by atoms with Crippen LogP contribution in [-0.2, 0) is 6.42 Å². The SMILES string of the molecule is CC1CCC(NC2CCCc3c2[nH]c2ccc([N+](=O)[O-])cc32)C1. The first-order valence-electron chi connectivity index (χ1n) is 8.66. The van der Waals surface area contributed by atoms with Crippen LogP contribution >= 0.6 is 0 Å². The molecule has 2 aliphatic carbocycles. The lowest BCUT2D eigenvalue weighted by atomic mass is 9.91. The summed E-state index contributed by atoms with van der Waals surface area (Å²) in [5.41, 5.74) is 3.73. The zero-order chi connectivity index (χ0) is 16.0. The lowest BCUT2D eigenvalue weighted by Gasteiger charge is -2.27. The lowest BCUT2D eigenvalue weighted by molar-refractivity contribution is -0.384. The summed E-state index contributed by atoms with van der Waals surface area (Å²) in [6, 6.07) is 6.14. The second-order valence-electron chi connectivity index (χ2n) is 7.23. The van der Waals surface area contributed by atoms with Gasteiger partial charge in [-0.2, -0.15) is 0 Å². The van der Waals surface area contributed by atoms with Crippen molar-refractivity contribution in [3.8, 4) is 0 Å². The molecule has 0 spiro atoms. The zero-order valence-electron chi connectivity index (χ0n) is 13.5. The second-order valence-corrected chi connectivity index (χ2v) is 7.23. The number of hydrogen-bond donors (Lipinski definition) is 2. The number of aryl methyl sites for hydroxylation is 1. The van der Waals surface area contributed by atoms with Gasteiger partial charge in [0.2, 0.25) is 0 Å². The maximum absolute atomic E-state index is 11.0. The summed E-state index contributed by atoms with van der Waals surface area (Å²) in [6.45, 7) is 2.33. The maximum Gasteiger partial charge on any atom is 0.270 e. The number of benzene rings is 1. The van der Waals surface area contributed by atoms with Gasteiger partial charge < -0.3 is 10.3 Å². The van der Waals surface area contributed by atoms with Crippen LogP contribution in [0.25, 0.3) is 10.9 Å². The first kappa shape index (κ1) is 14.7. The highest BCUT2D eigenvalue weighted by molar-refractivity contribution is 5.87. The first-order valence-corrected chi connectivity index (χ1v) is 8.66. The number of hydrogen-bond acceptors (Lipinski definition) is 3. The first-order chi connectivity index (χ1) is 11.1. The Labute approximate surface area is 135 Å². The molecule has 0 bridgehead atoms. The molecule has 0 radical (unpaired) electrons. The average molecular weight is 313 g/mol. The van der Waals surface area contributed by atoms with Crippen molar-refractivity contribution in [1.82, 2.24) is 10.3 Å². The summed E-state index contributed by atoms with van der Waals surface area (Å²) in [5, 5.41) is 15.9. The molecule has 3 atom stereocenters. The summed E-state index contributed by atoms with van der Waals surface area (Å²) in [7, 11) is 0. The van der Waals surface area contributed by atoms with Crippen molar-refractivity contribution >= 4 is 16.6 Å². The molecule has 122 valence electrons. The number of fused-ring (bicyclic) bond motifs is 3. The summed E-state index contributed by atoms with van der Waals surface area (Å²) < 4.78 is 0. The van der Waals surface area contributed by atoms with Crippen LogP contribution in [-0.4, -0.2) is 15.9 Å². The molecule has 1 heterocycles. The van der Waals surface area contributed by atoms with Gasteiger partial charge in [0, 0.05) is 40.8 Å². The number of rotatable bonds is 3. The molecule has 1 aromatic heterocycles. The maximum atomic E-state index is 11.0. The van der Waals surface area contributed by atoms with Gasteiger partial charge in [0.1, 0.15) is 0 Å². The normalized spacial score (nSPS) is 27.3. The molecule has 2 N–H and O–H groups in total. The van der Waals surface area contributed by atoms with Crippen molar-refractivity contribution in [1.29, 1.82) is 0 Å². The van der Waals surface area contributed by atoms with E-state index in [9.17, 15) is 10.1 Å². The standard InChI is InChI=1S/C18H23N3O2/c1-11-5-6-12(9-11)19-17-4-2-3-14-15-10-13(21(22)23)7-8-16(15)20-18(14)17/h7-8,10-12,17,19-20H,2-6,9H2,1H3. The van der Waals surface area contributed by atoms with Crippen molar-refractivity contribution in [2.24, 2.45) is 5.92 Å². The van der Waals surface area contributed by atoms with Crippen LogP contribution in [0.2, 0.25) is 0 Å². The molecule has 0 aliphatic heterocycles. The Hall–Kier alpha value is -1.88. The number of nitrogens with one attached hydrogen (secondary N) is 2. The number of non-ortho nitro benzene ring substituents is 1. The molecule has 23 heavy (non-hydrogen) atoms. The van der Waals surface area contributed by atoms with E-state index < -0.39 is 0 Å². The highest BCUT2D eigenvalue weighted by atomic mass is 16.6. The minimum absolute atomic E-state index is 0.180. The fourth-order valence-electron chi connectivity index (χ4n) is 4.37. The van der Waals surface area contributed by atoms with Crippen LogP contribution in [0.3, 0.4) is 0 Å². The van der Waals surface area contributed by atoms with Gasteiger partial charge in [-0.15, -0.1) is 0 Å². The van der Waals surface area contributed by atoms with E-state index in [1.165, 1.54) is 30.5 Å². The monoisotopic (exact) mass is 313 g/mol. The number of nitrogens with zero attached hydrogens (tertiary/aromatic N) is 1. The van der Waals surface area contributed by atoms with Crippen molar-refractivity contribution < 1.29 is 4.92 Å². The van der Waals surface area contributed by atoms with E-state index in [0.29, 0.717) is 12.1 Å². The minimum Gasteiger partial charge on any atom is -0.357 e. The Bertz CT molecular complexity index is 752. The topological polar surface area (TPSA) is 71.0 Å². The smallest absolute Gasteiger partial charge is 0.270 e. The van der Waals surface area contributed by atoms with Gasteiger partial charge in [-0.25, -0.2) is 0 Å². The zero-order valence-corrected chi connectivity index (χ0v) is 13.5. The van der Waals surface area contributed by atoms with Crippen LogP contribution in [0.5, 0.6) is 0 Å². The molecule has 1 fully saturated rings. The van der Waals surface area contributed by atoms with E-state index in [4.69, 9.17) is 0 Å². The third-order valence-electron chi connectivity index (χ3n) is 5.53. The van der Waals surface area contributed by atoms with Crippen LogP contribution in [0.4, 0.5) is 5.69 Å². The third kappa shape index (κ3) is 2.63. The second kappa shape index (κ2) is 5.64. The lowest BCUT2D eigenvalue weighted by Crippen LogP contribution is -2.33. The van der Waals surface area contributed by atoms with E-state index in [-0.39, 0.29) is 10.6 Å². The minimum atomic E-state index is -0.308. The van der Waals surface area contributed by atoms with Gasteiger partial charge >= 0.3 is 0 Å². The molecule has 5 nitrogen and oxygen atoms in total. The molecule has 5 heteroatoms. The van der Waals surface area contributed by atoms with Crippen molar-refractivity contribution in [3.63, 3.8) is 0 Å². The molecular weight excluding hydrogens is 290 g/mol. The molecule has 3 unspecified atom stereocenters. The third-order valence-corrected chi connectivity index (χ3v) is 5.53. The Morgan fingerprint density at radius 1 is 1.30 bits per heavy atom. The van der Waals surface area contributed by atoms with E-state index in [1.54, 1.807) is 12.1 Å². The van der Waals surface area contributed by atoms with Gasteiger partial charge in [0.15, 0.2) is 0 Å². The highest BCUT2D eigenvalue weighted by Gasteiger charge is 2.29. The van der Waals surface area contributed by atoms with Crippen LogP contribution in [0.15, 0.2) is 18.2 Å². The molecule has 2 aliphatic rings. The quantitative estimate of drug-likeness (QED) is 0.658. The summed E-state index contributed by atoms with van der Waals surface area (Å²) in [6.07, 6.45) is 7.14. The molecule has 1 aromatic carbocycles. The average Bonchev–Trinajstić information content (AvgIpc) is 3.11. The molecule has 2 aromatic rings. The molecule has 1 saturated carbocycles. The molecular formula is C18H23N3O2. The Balaban J connectivity index is 1.67. The predicted octanol–water partition coefficient (Wildman–Crippen LogP) is 4.23. The van der Waals surface area contributed by atoms with Gasteiger partial charge in [0.05, 0.1) is 4.92 Å². The number of nitro benzene ring substituents is 1. The van der Waals surface area contributed by atoms with Gasteiger partial charge in [-0.3, -0.25) is 10.1 Å². The Kier molecular flexibility index (Phi) is 3.60. The van der Waals surface area contributed by atoms with Crippen LogP contribution in [0, 0.1) is 16.0 Å². The van der Waals surface area contributed by atoms with E-state index in [2.05, 4.69) is 17.2 Å². The molecule has 4 rings (SSSR count). The van der Waals surface area contributed by atoms with Gasteiger partial charge in [0.25, 0.3) is 5.69 Å². The van der Waals surface area contributed by atoms with E-state index in [1.807, 2.05) is 6.07 Å². The number of aromatic nitrogens is 1. The molecule has 0 amide bonds. The van der Waals surface area contributed by atoms with Gasteiger partial charge in [-0.05, 0) is 56.1 Å². The van der Waals surface area contributed by atoms with Crippen LogP contribution in [0.1, 0.15) is 56.3 Å².